The van der Waals surface area contributed by atoms with E-state index >= 15 is 0 Å². The van der Waals surface area contributed by atoms with Gasteiger partial charge in [0, 0.05) is 0 Å². The molecule has 114 valence electrons. The summed E-state index contributed by atoms with van der Waals surface area (Å²) in [5.41, 5.74) is 1.53. The Morgan fingerprint density at radius 2 is 2.23 bits per heavy atom. The number of carbonyl (C=O) groups excluding carboxylic acids is 2. The number of hydrogen-bond donors (Lipinski definition) is 2. The molecule has 1 aromatic carbocycles. The normalized spacial score (nSPS) is 14.5. The molecule has 1 aliphatic heterocycles. The van der Waals surface area contributed by atoms with Gasteiger partial charge >= 0.3 is 0 Å². The Bertz CT molecular complexity index is 744. The van der Waals surface area contributed by atoms with Crippen molar-refractivity contribution in [1.29, 1.82) is 0 Å². The molecule has 0 radical (unpaired) electrons. The topological polar surface area (TPSA) is 67.4 Å². The second-order valence-corrected chi connectivity index (χ2v) is 7.35. The molecule has 1 atom stereocenters. The molecule has 0 saturated heterocycles. The molecule has 0 aliphatic carbocycles. The molecular formula is C15H13BrN2O3S. The zero-order valence-electron chi connectivity index (χ0n) is 11.7. The molecule has 2 N–H and O–H groups in total. The number of thiophene rings is 1. The average Bonchev–Trinajstić information content (AvgIpc) is 2.93. The first-order chi connectivity index (χ1) is 10.5. The van der Waals surface area contributed by atoms with Crippen molar-refractivity contribution in [2.75, 3.05) is 11.9 Å². The molecule has 3 rings (SSSR count). The Morgan fingerprint density at radius 3 is 2.95 bits per heavy atom. The number of nitrogens with one attached hydrogen (secondary N) is 2. The predicted octanol–water partition coefficient (Wildman–Crippen LogP) is 3.33. The molecule has 0 unspecified atom stereocenters. The number of fused-ring (bicyclic) bond motifs is 1. The van der Waals surface area contributed by atoms with Crippen molar-refractivity contribution in [3.05, 3.63) is 44.6 Å². The third kappa shape index (κ3) is 3.15. The van der Waals surface area contributed by atoms with Crippen molar-refractivity contribution >= 4 is 44.8 Å². The molecule has 0 fully saturated rings. The Hall–Kier alpha value is -1.86. The van der Waals surface area contributed by atoms with E-state index in [1.807, 2.05) is 25.1 Å². The zero-order chi connectivity index (χ0) is 15.7. The van der Waals surface area contributed by atoms with Gasteiger partial charge in [0.05, 0.1) is 20.4 Å². The minimum absolute atomic E-state index is 0.0336. The average molecular weight is 381 g/mol. The van der Waals surface area contributed by atoms with Crippen molar-refractivity contribution in [3.8, 4) is 5.75 Å². The van der Waals surface area contributed by atoms with Gasteiger partial charge in [-0.1, -0.05) is 6.07 Å². The standard InChI is InChI=1S/C15H13BrN2O3S/c1-8(17-15(20)12-4-5-13(16)22-12)9-2-3-11-10(6-9)18-14(19)7-21-11/h2-6,8H,7H2,1H3,(H,17,20)(H,18,19)/t8-/m0/s1. The van der Waals surface area contributed by atoms with Gasteiger partial charge in [0.15, 0.2) is 6.61 Å². The lowest BCUT2D eigenvalue weighted by atomic mass is 10.1. The molecule has 1 aromatic heterocycles. The predicted molar refractivity (Wildman–Crippen MR) is 88.5 cm³/mol. The lowest BCUT2D eigenvalue weighted by Gasteiger charge is -2.20. The van der Waals surface area contributed by atoms with E-state index in [9.17, 15) is 9.59 Å². The fourth-order valence-corrected chi connectivity index (χ4v) is 3.45. The molecule has 22 heavy (non-hydrogen) atoms. The van der Waals surface area contributed by atoms with Crippen molar-refractivity contribution < 1.29 is 14.3 Å². The number of halogens is 1. The number of carbonyl (C=O) groups is 2. The molecule has 0 bridgehead atoms. The summed E-state index contributed by atoms with van der Waals surface area (Å²) < 4.78 is 6.24. The van der Waals surface area contributed by atoms with Crippen molar-refractivity contribution in [1.82, 2.24) is 5.32 Å². The van der Waals surface area contributed by atoms with Crippen molar-refractivity contribution in [3.63, 3.8) is 0 Å². The first-order valence-corrected chi connectivity index (χ1v) is 8.26. The minimum atomic E-state index is -0.183. The molecule has 0 spiro atoms. The van der Waals surface area contributed by atoms with E-state index in [1.165, 1.54) is 11.3 Å². The monoisotopic (exact) mass is 380 g/mol. The lowest BCUT2D eigenvalue weighted by molar-refractivity contribution is -0.118. The van der Waals surface area contributed by atoms with Crippen molar-refractivity contribution in [2.24, 2.45) is 0 Å². The van der Waals surface area contributed by atoms with Crippen LogP contribution in [0.2, 0.25) is 0 Å². The molecule has 1 aliphatic rings. The smallest absolute Gasteiger partial charge is 0.262 e. The van der Waals surface area contributed by atoms with Gasteiger partial charge in [0.25, 0.3) is 11.8 Å². The van der Waals surface area contributed by atoms with Gasteiger partial charge in [-0.05, 0) is 52.7 Å². The summed E-state index contributed by atoms with van der Waals surface area (Å²) in [4.78, 5) is 24.2. The Kier molecular flexibility index (Phi) is 4.17. The highest BCUT2D eigenvalue weighted by Gasteiger charge is 2.19. The van der Waals surface area contributed by atoms with Gasteiger partial charge in [-0.15, -0.1) is 11.3 Å². The van der Waals surface area contributed by atoms with Crippen LogP contribution in [0.15, 0.2) is 34.1 Å². The number of rotatable bonds is 3. The summed E-state index contributed by atoms with van der Waals surface area (Å²) in [5, 5.41) is 5.70. The third-order valence-corrected chi connectivity index (χ3v) is 4.90. The minimum Gasteiger partial charge on any atom is -0.482 e. The Balaban J connectivity index is 1.75. The van der Waals surface area contributed by atoms with E-state index in [-0.39, 0.29) is 24.5 Å². The summed E-state index contributed by atoms with van der Waals surface area (Å²) in [6.07, 6.45) is 0. The van der Waals surface area contributed by atoms with Crippen LogP contribution in [0.25, 0.3) is 0 Å². The van der Waals surface area contributed by atoms with E-state index in [4.69, 9.17) is 4.74 Å². The number of benzene rings is 1. The Labute approximate surface area is 139 Å². The second-order valence-electron chi connectivity index (χ2n) is 4.89. The summed E-state index contributed by atoms with van der Waals surface area (Å²) >= 11 is 4.73. The van der Waals surface area contributed by atoms with Crippen LogP contribution < -0.4 is 15.4 Å². The van der Waals surface area contributed by atoms with Gasteiger partial charge in [-0.2, -0.15) is 0 Å². The van der Waals surface area contributed by atoms with E-state index < -0.39 is 0 Å². The molecule has 2 heterocycles. The highest BCUT2D eigenvalue weighted by molar-refractivity contribution is 9.11. The van der Waals surface area contributed by atoms with Crippen LogP contribution in [0.1, 0.15) is 28.2 Å². The number of ether oxygens (including phenoxy) is 1. The van der Waals surface area contributed by atoms with Crippen LogP contribution in [0.5, 0.6) is 5.75 Å². The van der Waals surface area contributed by atoms with Crippen LogP contribution in [-0.4, -0.2) is 18.4 Å². The molecule has 5 nitrogen and oxygen atoms in total. The molecular weight excluding hydrogens is 368 g/mol. The summed E-state index contributed by atoms with van der Waals surface area (Å²) in [5.74, 6) is 0.343. The molecule has 0 saturated carbocycles. The maximum absolute atomic E-state index is 12.2. The molecule has 2 aromatic rings. The lowest BCUT2D eigenvalue weighted by Crippen LogP contribution is -2.27. The third-order valence-electron chi connectivity index (χ3n) is 3.28. The van der Waals surface area contributed by atoms with Crippen molar-refractivity contribution in [2.45, 2.75) is 13.0 Å². The summed E-state index contributed by atoms with van der Waals surface area (Å²) in [6, 6.07) is 8.94. The fourth-order valence-electron chi connectivity index (χ4n) is 2.16. The van der Waals surface area contributed by atoms with Crippen LogP contribution in [0, 0.1) is 0 Å². The first-order valence-electron chi connectivity index (χ1n) is 6.66. The fraction of sp³-hybridized carbons (Fsp3) is 0.200. The SMILES string of the molecule is C[C@H](NC(=O)c1ccc(Br)s1)c1ccc2c(c1)NC(=O)CO2. The van der Waals surface area contributed by atoms with Crippen LogP contribution >= 0.6 is 27.3 Å². The Morgan fingerprint density at radius 1 is 1.41 bits per heavy atom. The van der Waals surface area contributed by atoms with E-state index in [1.54, 1.807) is 12.1 Å². The first kappa shape index (κ1) is 15.1. The van der Waals surface area contributed by atoms with Crippen LogP contribution in [0.4, 0.5) is 5.69 Å². The van der Waals surface area contributed by atoms with Gasteiger partial charge in [0.1, 0.15) is 5.75 Å². The molecule has 2 amide bonds. The summed E-state index contributed by atoms with van der Waals surface area (Å²) in [7, 11) is 0. The van der Waals surface area contributed by atoms with E-state index in [2.05, 4.69) is 26.6 Å². The van der Waals surface area contributed by atoms with Crippen LogP contribution in [-0.2, 0) is 4.79 Å². The highest BCUT2D eigenvalue weighted by atomic mass is 79.9. The number of anilines is 1. The van der Waals surface area contributed by atoms with Gasteiger partial charge in [0.2, 0.25) is 0 Å². The van der Waals surface area contributed by atoms with Gasteiger partial charge < -0.3 is 15.4 Å². The van der Waals surface area contributed by atoms with E-state index in [0.29, 0.717) is 16.3 Å². The van der Waals surface area contributed by atoms with Gasteiger partial charge in [-0.25, -0.2) is 0 Å². The second kappa shape index (κ2) is 6.10. The zero-order valence-corrected chi connectivity index (χ0v) is 14.1. The van der Waals surface area contributed by atoms with E-state index in [0.717, 1.165) is 9.35 Å². The maximum Gasteiger partial charge on any atom is 0.262 e. The largest absolute Gasteiger partial charge is 0.482 e. The highest BCUT2D eigenvalue weighted by Crippen LogP contribution is 2.30. The number of hydrogen-bond acceptors (Lipinski definition) is 4. The van der Waals surface area contributed by atoms with Crippen LogP contribution in [0.3, 0.4) is 0 Å². The number of amides is 2. The quantitative estimate of drug-likeness (QED) is 0.857. The summed E-state index contributed by atoms with van der Waals surface area (Å²) in [6.45, 7) is 1.93. The van der Waals surface area contributed by atoms with Gasteiger partial charge in [-0.3, -0.25) is 9.59 Å². The maximum atomic E-state index is 12.2. The molecule has 7 heteroatoms.